The van der Waals surface area contributed by atoms with Gasteiger partial charge in [-0.2, -0.15) is 0 Å². The first-order valence-corrected chi connectivity index (χ1v) is 10.5. The lowest BCUT2D eigenvalue weighted by Crippen LogP contribution is -2.12. The minimum Gasteiger partial charge on any atom is -0.456 e. The van der Waals surface area contributed by atoms with Gasteiger partial charge in [-0.3, -0.25) is 4.98 Å². The van der Waals surface area contributed by atoms with Gasteiger partial charge in [-0.25, -0.2) is 0 Å². The van der Waals surface area contributed by atoms with Gasteiger partial charge in [-0.05, 0) is 39.9 Å². The molecule has 0 atom stereocenters. The van der Waals surface area contributed by atoms with Gasteiger partial charge < -0.3 is 8.83 Å². The predicted molar refractivity (Wildman–Crippen MR) is 124 cm³/mol. The van der Waals surface area contributed by atoms with Crippen molar-refractivity contribution in [1.82, 2.24) is 4.98 Å². The van der Waals surface area contributed by atoms with Crippen molar-refractivity contribution in [2.75, 3.05) is 0 Å². The maximum absolute atomic E-state index is 6.30. The lowest BCUT2D eigenvalue weighted by Gasteiger charge is -2.22. The first-order valence-electron chi connectivity index (χ1n) is 10.5. The Kier molecular flexibility index (Phi) is 3.92. The zero-order valence-corrected chi connectivity index (χ0v) is 18.5. The van der Waals surface area contributed by atoms with Crippen molar-refractivity contribution in [3.05, 3.63) is 66.1 Å². The molecule has 30 heavy (non-hydrogen) atoms. The van der Waals surface area contributed by atoms with Crippen LogP contribution in [0.15, 0.2) is 63.6 Å². The topological polar surface area (TPSA) is 39.2 Å². The summed E-state index contributed by atoms with van der Waals surface area (Å²) >= 11 is 0. The second kappa shape index (κ2) is 6.21. The quantitative estimate of drug-likeness (QED) is 0.288. The summed E-state index contributed by atoms with van der Waals surface area (Å²) in [5, 5.41) is 3.46. The fourth-order valence-corrected chi connectivity index (χ4v) is 4.12. The Balaban J connectivity index is 1.78. The van der Waals surface area contributed by atoms with Crippen molar-refractivity contribution in [1.29, 1.82) is 0 Å². The van der Waals surface area contributed by atoms with E-state index in [1.54, 1.807) is 0 Å². The van der Waals surface area contributed by atoms with Crippen LogP contribution in [0.4, 0.5) is 0 Å². The SMILES string of the molecule is CC(C)(C)c1cc2oc3c(-c4cc(C(C)(C)C)c5ccccc5c4)nccc3c2o1. The molecule has 0 aliphatic carbocycles. The fraction of sp³-hybridized carbons (Fsp3) is 0.296. The number of hydrogen-bond donors (Lipinski definition) is 0. The molecule has 0 aliphatic rings. The molecule has 5 aromatic rings. The van der Waals surface area contributed by atoms with Crippen molar-refractivity contribution in [2.24, 2.45) is 0 Å². The molecular formula is C27H27NO2. The highest BCUT2D eigenvalue weighted by Crippen LogP contribution is 2.40. The van der Waals surface area contributed by atoms with Crippen LogP contribution in [-0.4, -0.2) is 4.98 Å². The molecule has 152 valence electrons. The molecule has 5 rings (SSSR count). The number of benzene rings is 2. The van der Waals surface area contributed by atoms with E-state index in [9.17, 15) is 0 Å². The molecule has 0 saturated carbocycles. The van der Waals surface area contributed by atoms with Gasteiger partial charge in [0.2, 0.25) is 0 Å². The van der Waals surface area contributed by atoms with Gasteiger partial charge in [-0.1, -0.05) is 65.8 Å². The largest absolute Gasteiger partial charge is 0.456 e. The van der Waals surface area contributed by atoms with E-state index in [1.165, 1.54) is 16.3 Å². The minimum absolute atomic E-state index is 0.0158. The van der Waals surface area contributed by atoms with Crippen LogP contribution in [0, 0.1) is 0 Å². The van der Waals surface area contributed by atoms with Crippen molar-refractivity contribution in [2.45, 2.75) is 52.4 Å². The van der Waals surface area contributed by atoms with E-state index in [2.05, 4.69) is 77.9 Å². The average molecular weight is 398 g/mol. The molecule has 2 aromatic carbocycles. The Hall–Kier alpha value is -3.07. The molecule has 3 heterocycles. The fourth-order valence-electron chi connectivity index (χ4n) is 4.12. The summed E-state index contributed by atoms with van der Waals surface area (Å²) in [5.41, 5.74) is 5.54. The van der Waals surface area contributed by atoms with Crippen LogP contribution in [-0.2, 0) is 10.8 Å². The van der Waals surface area contributed by atoms with Gasteiger partial charge in [-0.15, -0.1) is 0 Å². The zero-order chi connectivity index (χ0) is 21.3. The van der Waals surface area contributed by atoms with Crippen molar-refractivity contribution < 1.29 is 8.83 Å². The van der Waals surface area contributed by atoms with Crippen LogP contribution in [0.5, 0.6) is 0 Å². The maximum Gasteiger partial charge on any atom is 0.180 e. The monoisotopic (exact) mass is 397 g/mol. The van der Waals surface area contributed by atoms with E-state index in [1.807, 2.05) is 18.3 Å². The van der Waals surface area contributed by atoms with Gasteiger partial charge in [0.15, 0.2) is 16.7 Å². The van der Waals surface area contributed by atoms with E-state index in [4.69, 9.17) is 13.8 Å². The Morgan fingerprint density at radius 3 is 2.23 bits per heavy atom. The summed E-state index contributed by atoms with van der Waals surface area (Å²) in [5.74, 6) is 0.928. The molecule has 0 aliphatic heterocycles. The minimum atomic E-state index is -0.0658. The van der Waals surface area contributed by atoms with Crippen molar-refractivity contribution >= 4 is 32.9 Å². The molecule has 0 fully saturated rings. The van der Waals surface area contributed by atoms with Crippen LogP contribution in [0.2, 0.25) is 0 Å². The molecule has 0 radical (unpaired) electrons. The zero-order valence-electron chi connectivity index (χ0n) is 18.5. The third-order valence-corrected chi connectivity index (χ3v) is 5.74. The molecule has 0 bridgehead atoms. The summed E-state index contributed by atoms with van der Waals surface area (Å²) in [6, 6.07) is 17.0. The van der Waals surface area contributed by atoms with Gasteiger partial charge in [0.1, 0.15) is 11.5 Å². The Morgan fingerprint density at radius 2 is 1.50 bits per heavy atom. The van der Waals surface area contributed by atoms with Gasteiger partial charge in [0, 0.05) is 23.2 Å². The lowest BCUT2D eigenvalue weighted by molar-refractivity contribution is 0.431. The van der Waals surface area contributed by atoms with Crippen LogP contribution in [0.25, 0.3) is 44.2 Å². The van der Waals surface area contributed by atoms with E-state index < -0.39 is 0 Å². The third-order valence-electron chi connectivity index (χ3n) is 5.74. The molecule has 0 unspecified atom stereocenters. The number of hydrogen-bond acceptors (Lipinski definition) is 3. The van der Waals surface area contributed by atoms with Gasteiger partial charge in [0.05, 0.1) is 5.39 Å². The average Bonchev–Trinajstić information content (AvgIpc) is 3.24. The van der Waals surface area contributed by atoms with Crippen LogP contribution in [0.1, 0.15) is 52.9 Å². The number of furan rings is 2. The third kappa shape index (κ3) is 2.92. The van der Waals surface area contributed by atoms with Crippen molar-refractivity contribution in [3.63, 3.8) is 0 Å². The highest BCUT2D eigenvalue weighted by molar-refractivity contribution is 6.06. The second-order valence-electron chi connectivity index (χ2n) is 10.2. The smallest absolute Gasteiger partial charge is 0.180 e. The summed E-state index contributed by atoms with van der Waals surface area (Å²) < 4.78 is 12.5. The molecule has 0 spiro atoms. The molecule has 3 aromatic heterocycles. The summed E-state index contributed by atoms with van der Waals surface area (Å²) in [4.78, 5) is 4.72. The first-order chi connectivity index (χ1) is 14.1. The number of aromatic nitrogens is 1. The highest BCUT2D eigenvalue weighted by Gasteiger charge is 2.24. The maximum atomic E-state index is 6.30. The predicted octanol–water partition coefficient (Wildman–Crippen LogP) is 7.99. The molecule has 0 N–H and O–H groups in total. The van der Waals surface area contributed by atoms with Crippen LogP contribution in [0.3, 0.4) is 0 Å². The molecule has 0 amide bonds. The Morgan fingerprint density at radius 1 is 0.733 bits per heavy atom. The standard InChI is InChI=1S/C27H27NO2/c1-26(2,3)20-14-17(13-16-9-7-8-10-18(16)20)23-25-19(11-12-28-23)24-21(29-25)15-22(30-24)27(4,5)6/h7-15H,1-6H3. The van der Waals surface area contributed by atoms with E-state index in [-0.39, 0.29) is 10.8 Å². The number of nitrogens with zero attached hydrogens (tertiary/aromatic N) is 1. The highest BCUT2D eigenvalue weighted by atomic mass is 16.4. The number of fused-ring (bicyclic) bond motifs is 4. The Labute approximate surface area is 176 Å². The van der Waals surface area contributed by atoms with Gasteiger partial charge >= 0.3 is 0 Å². The molecular weight excluding hydrogens is 370 g/mol. The van der Waals surface area contributed by atoms with Crippen LogP contribution < -0.4 is 0 Å². The summed E-state index contributed by atoms with van der Waals surface area (Å²) in [6.07, 6.45) is 1.85. The summed E-state index contributed by atoms with van der Waals surface area (Å²) in [7, 11) is 0. The number of rotatable bonds is 1. The van der Waals surface area contributed by atoms with E-state index in [0.29, 0.717) is 0 Å². The second-order valence-corrected chi connectivity index (χ2v) is 10.2. The molecule has 3 heteroatoms. The summed E-state index contributed by atoms with van der Waals surface area (Å²) in [6.45, 7) is 13.2. The van der Waals surface area contributed by atoms with Crippen LogP contribution >= 0.6 is 0 Å². The first kappa shape index (κ1) is 18.9. The Bertz CT molecular complexity index is 1400. The van der Waals surface area contributed by atoms with Gasteiger partial charge in [0.25, 0.3) is 0 Å². The number of pyridine rings is 1. The normalized spacial score (nSPS) is 13.0. The molecule has 0 saturated heterocycles. The van der Waals surface area contributed by atoms with E-state index in [0.717, 1.165) is 39.2 Å². The molecule has 3 nitrogen and oxygen atoms in total. The van der Waals surface area contributed by atoms with Crippen molar-refractivity contribution in [3.8, 4) is 11.3 Å². The van der Waals surface area contributed by atoms with E-state index >= 15 is 0 Å². The lowest BCUT2D eigenvalue weighted by atomic mass is 9.82.